The van der Waals surface area contributed by atoms with Gasteiger partial charge in [-0.15, -0.1) is 6.58 Å². The van der Waals surface area contributed by atoms with Gasteiger partial charge in [0.25, 0.3) is 0 Å². The molecule has 0 saturated heterocycles. The van der Waals surface area contributed by atoms with Crippen molar-refractivity contribution in [2.75, 3.05) is 6.54 Å². The van der Waals surface area contributed by atoms with E-state index in [1.807, 2.05) is 0 Å². The van der Waals surface area contributed by atoms with E-state index in [9.17, 15) is 0 Å². The summed E-state index contributed by atoms with van der Waals surface area (Å²) in [6.07, 6.45) is 7.54. The Bertz CT molecular complexity index is 174. The molecule has 1 atom stereocenters. The molecule has 0 amide bonds. The number of hydrogen-bond donors (Lipinski definition) is 1. The van der Waals surface area contributed by atoms with Gasteiger partial charge >= 0.3 is 0 Å². The van der Waals surface area contributed by atoms with E-state index in [1.54, 1.807) is 0 Å². The summed E-state index contributed by atoms with van der Waals surface area (Å²) in [4.78, 5) is 0. The lowest BCUT2D eigenvalue weighted by Crippen LogP contribution is -2.37. The van der Waals surface area contributed by atoms with Gasteiger partial charge in [0.05, 0.1) is 0 Å². The van der Waals surface area contributed by atoms with Crippen molar-refractivity contribution in [2.45, 2.75) is 52.5 Å². The van der Waals surface area contributed by atoms with E-state index in [4.69, 9.17) is 0 Å². The van der Waals surface area contributed by atoms with Crippen molar-refractivity contribution in [3.63, 3.8) is 0 Å². The molecule has 0 aromatic heterocycles. The first kappa shape index (κ1) is 11.8. The molecule has 0 aromatic carbocycles. The molecule has 0 aromatic rings. The normalized spacial score (nSPS) is 24.5. The van der Waals surface area contributed by atoms with E-state index in [2.05, 4.69) is 38.7 Å². The first-order chi connectivity index (χ1) is 6.59. The number of likely N-dealkylation sites (N-methyl/N-ethyl adjacent to an activating group) is 1. The maximum atomic E-state index is 3.93. The molecule has 1 saturated carbocycles. The lowest BCUT2D eigenvalue weighted by molar-refractivity contribution is 0.174. The summed E-state index contributed by atoms with van der Waals surface area (Å²) in [5, 5.41) is 3.51. The minimum Gasteiger partial charge on any atom is -0.311 e. The Hall–Kier alpha value is -0.300. The van der Waals surface area contributed by atoms with Gasteiger partial charge in [-0.2, -0.15) is 0 Å². The third-order valence-corrected chi connectivity index (χ3v) is 3.59. The molecule has 0 radical (unpaired) electrons. The maximum Gasteiger partial charge on any atom is 0.0275 e. The van der Waals surface area contributed by atoms with Crippen LogP contribution in [0, 0.1) is 11.3 Å². The Morgan fingerprint density at radius 1 is 1.43 bits per heavy atom. The summed E-state index contributed by atoms with van der Waals surface area (Å²) in [5.41, 5.74) is 0.578. The second kappa shape index (κ2) is 4.97. The third kappa shape index (κ3) is 3.13. The Morgan fingerprint density at radius 2 is 2.00 bits per heavy atom. The fourth-order valence-electron chi connectivity index (χ4n) is 2.46. The lowest BCUT2D eigenvalue weighted by atomic mass is 9.71. The highest BCUT2D eigenvalue weighted by atomic mass is 14.9. The zero-order valence-corrected chi connectivity index (χ0v) is 9.97. The molecule has 0 heterocycles. The summed E-state index contributed by atoms with van der Waals surface area (Å²) in [7, 11) is 0. The molecule has 1 aliphatic rings. The summed E-state index contributed by atoms with van der Waals surface area (Å²) in [6.45, 7) is 11.9. The minimum atomic E-state index is 0.538. The average molecular weight is 195 g/mol. The largest absolute Gasteiger partial charge is 0.311 e. The molecule has 82 valence electrons. The van der Waals surface area contributed by atoms with Gasteiger partial charge in [0.15, 0.2) is 0 Å². The van der Waals surface area contributed by atoms with Crippen molar-refractivity contribution >= 4 is 0 Å². The van der Waals surface area contributed by atoms with Crippen molar-refractivity contribution in [3.05, 3.63) is 12.7 Å². The Balaban J connectivity index is 2.43. The highest BCUT2D eigenvalue weighted by Gasteiger charge is 2.29. The van der Waals surface area contributed by atoms with Crippen LogP contribution >= 0.6 is 0 Å². The second-order valence-corrected chi connectivity index (χ2v) is 5.32. The van der Waals surface area contributed by atoms with Crippen molar-refractivity contribution < 1.29 is 0 Å². The van der Waals surface area contributed by atoms with Crippen LogP contribution in [0.4, 0.5) is 0 Å². The van der Waals surface area contributed by atoms with Crippen molar-refractivity contribution in [1.29, 1.82) is 0 Å². The van der Waals surface area contributed by atoms with Crippen molar-refractivity contribution in [3.8, 4) is 0 Å². The number of nitrogens with one attached hydrogen (secondary N) is 1. The van der Waals surface area contributed by atoms with Gasteiger partial charge in [0, 0.05) is 6.04 Å². The van der Waals surface area contributed by atoms with Crippen molar-refractivity contribution in [1.82, 2.24) is 5.32 Å². The smallest absolute Gasteiger partial charge is 0.0275 e. The monoisotopic (exact) mass is 195 g/mol. The van der Waals surface area contributed by atoms with E-state index in [0.717, 1.165) is 12.5 Å². The van der Waals surface area contributed by atoms with Crippen LogP contribution in [0.25, 0.3) is 0 Å². The van der Waals surface area contributed by atoms with Crippen LogP contribution < -0.4 is 5.32 Å². The molecule has 0 aliphatic heterocycles. The van der Waals surface area contributed by atoms with E-state index >= 15 is 0 Å². The molecule has 1 heteroatoms. The third-order valence-electron chi connectivity index (χ3n) is 3.59. The molecule has 1 N–H and O–H groups in total. The quantitative estimate of drug-likeness (QED) is 0.678. The van der Waals surface area contributed by atoms with Crippen LogP contribution in [0.2, 0.25) is 0 Å². The molecule has 1 fully saturated rings. The van der Waals surface area contributed by atoms with E-state index in [0.29, 0.717) is 11.5 Å². The highest BCUT2D eigenvalue weighted by molar-refractivity contribution is 4.94. The van der Waals surface area contributed by atoms with Crippen molar-refractivity contribution in [2.24, 2.45) is 11.3 Å². The van der Waals surface area contributed by atoms with Gasteiger partial charge in [-0.3, -0.25) is 0 Å². The van der Waals surface area contributed by atoms with Gasteiger partial charge in [0.1, 0.15) is 0 Å². The summed E-state index contributed by atoms with van der Waals surface area (Å²) in [6, 6.07) is 0.538. The minimum absolute atomic E-state index is 0.538. The predicted molar refractivity (Wildman–Crippen MR) is 63.4 cm³/mol. The summed E-state index contributed by atoms with van der Waals surface area (Å²) in [5.74, 6) is 0.820. The van der Waals surface area contributed by atoms with E-state index < -0.39 is 0 Å². The Morgan fingerprint density at radius 3 is 2.43 bits per heavy atom. The van der Waals surface area contributed by atoms with Crippen LogP contribution in [0.15, 0.2) is 12.7 Å². The summed E-state index contributed by atoms with van der Waals surface area (Å²) >= 11 is 0. The maximum absolute atomic E-state index is 3.93. The molecular weight excluding hydrogens is 170 g/mol. The molecular formula is C13H25N. The molecule has 1 aliphatic carbocycles. The standard InChI is InChI=1S/C13H25N/c1-5-12(14-6-2)11-7-9-13(3,4)10-8-11/h5,11-12,14H,1,6-10H2,2-4H3. The molecule has 0 spiro atoms. The lowest BCUT2D eigenvalue weighted by Gasteiger charge is -2.37. The first-order valence-electron chi connectivity index (χ1n) is 5.95. The Kier molecular flexibility index (Phi) is 4.18. The summed E-state index contributed by atoms with van der Waals surface area (Å²) < 4.78 is 0. The number of rotatable bonds is 4. The molecule has 1 rings (SSSR count). The first-order valence-corrected chi connectivity index (χ1v) is 5.95. The van der Waals surface area contributed by atoms with Gasteiger partial charge < -0.3 is 5.32 Å². The fraction of sp³-hybridized carbons (Fsp3) is 0.846. The Labute approximate surface area is 89.0 Å². The van der Waals surface area contributed by atoms with Gasteiger partial charge in [-0.1, -0.05) is 26.8 Å². The molecule has 1 unspecified atom stereocenters. The number of hydrogen-bond acceptors (Lipinski definition) is 1. The molecule has 1 nitrogen and oxygen atoms in total. The molecule has 14 heavy (non-hydrogen) atoms. The van der Waals surface area contributed by atoms with E-state index in [-0.39, 0.29) is 0 Å². The van der Waals surface area contributed by atoms with Crippen LogP contribution in [-0.4, -0.2) is 12.6 Å². The zero-order valence-electron chi connectivity index (χ0n) is 9.97. The van der Waals surface area contributed by atoms with Crippen LogP contribution in [0.1, 0.15) is 46.5 Å². The zero-order chi connectivity index (χ0) is 10.6. The van der Waals surface area contributed by atoms with E-state index in [1.165, 1.54) is 25.7 Å². The fourth-order valence-corrected chi connectivity index (χ4v) is 2.46. The topological polar surface area (TPSA) is 12.0 Å². The average Bonchev–Trinajstić information content (AvgIpc) is 2.15. The van der Waals surface area contributed by atoms with Crippen LogP contribution in [0.5, 0.6) is 0 Å². The molecule has 0 bridgehead atoms. The van der Waals surface area contributed by atoms with Crippen LogP contribution in [-0.2, 0) is 0 Å². The van der Waals surface area contributed by atoms with Crippen LogP contribution in [0.3, 0.4) is 0 Å². The van der Waals surface area contributed by atoms with Gasteiger partial charge in [-0.05, 0) is 43.6 Å². The van der Waals surface area contributed by atoms with Gasteiger partial charge in [-0.25, -0.2) is 0 Å². The van der Waals surface area contributed by atoms with Gasteiger partial charge in [0.2, 0.25) is 0 Å². The SMILES string of the molecule is C=CC(NCC)C1CCC(C)(C)CC1. The second-order valence-electron chi connectivity index (χ2n) is 5.32. The predicted octanol–water partition coefficient (Wildman–Crippen LogP) is 3.37. The highest BCUT2D eigenvalue weighted by Crippen LogP contribution is 2.39.